The van der Waals surface area contributed by atoms with Crippen molar-refractivity contribution in [1.82, 2.24) is 25.6 Å². The van der Waals surface area contributed by atoms with Gasteiger partial charge < -0.3 is 9.15 Å². The van der Waals surface area contributed by atoms with Crippen LogP contribution in [0.15, 0.2) is 59.3 Å². The summed E-state index contributed by atoms with van der Waals surface area (Å²) in [7, 11) is 0. The third-order valence-electron chi connectivity index (χ3n) is 4.79. The molecule has 3 heterocycles. The fourth-order valence-corrected chi connectivity index (χ4v) is 3.26. The van der Waals surface area contributed by atoms with E-state index in [1.807, 2.05) is 20.8 Å². The zero-order valence-corrected chi connectivity index (χ0v) is 18.0. The molecule has 164 valence electrons. The molecule has 9 nitrogen and oxygen atoms in total. The summed E-state index contributed by atoms with van der Waals surface area (Å²) >= 11 is 0. The lowest BCUT2D eigenvalue weighted by molar-refractivity contribution is 0.0847. The predicted octanol–water partition coefficient (Wildman–Crippen LogP) is 3.75. The van der Waals surface area contributed by atoms with Crippen molar-refractivity contribution in [2.24, 2.45) is 0 Å². The number of fused-ring (bicyclic) bond motifs is 1. The van der Waals surface area contributed by atoms with Crippen LogP contribution in [-0.2, 0) is 0 Å². The van der Waals surface area contributed by atoms with Gasteiger partial charge in [-0.3, -0.25) is 20.4 Å². The number of aromatic nitrogens is 3. The first-order chi connectivity index (χ1) is 15.5. The molecule has 9 heteroatoms. The summed E-state index contributed by atoms with van der Waals surface area (Å²) in [6.07, 6.45) is 3.13. The van der Waals surface area contributed by atoms with Gasteiger partial charge in [0.05, 0.1) is 30.0 Å². The zero-order valence-electron chi connectivity index (χ0n) is 18.0. The van der Waals surface area contributed by atoms with E-state index in [1.165, 1.54) is 6.26 Å². The Labute approximate surface area is 184 Å². The Bertz CT molecular complexity index is 1240. The predicted molar refractivity (Wildman–Crippen MR) is 118 cm³/mol. The van der Waals surface area contributed by atoms with Crippen LogP contribution in [0.5, 0.6) is 5.75 Å². The average Bonchev–Trinajstić information content (AvgIpc) is 3.47. The molecule has 4 rings (SSSR count). The highest BCUT2D eigenvalue weighted by molar-refractivity contribution is 6.07. The summed E-state index contributed by atoms with van der Waals surface area (Å²) in [6, 6.07) is 11.8. The van der Waals surface area contributed by atoms with Gasteiger partial charge in [-0.05, 0) is 63.2 Å². The second-order valence-corrected chi connectivity index (χ2v) is 7.32. The third-order valence-corrected chi connectivity index (χ3v) is 4.79. The van der Waals surface area contributed by atoms with Gasteiger partial charge >= 0.3 is 0 Å². The number of hydrazine groups is 1. The molecule has 1 aromatic carbocycles. The highest BCUT2D eigenvalue weighted by atomic mass is 16.5. The number of amides is 2. The van der Waals surface area contributed by atoms with Gasteiger partial charge in [0, 0.05) is 11.6 Å². The van der Waals surface area contributed by atoms with Crippen molar-refractivity contribution in [3.8, 4) is 17.2 Å². The Morgan fingerprint density at radius 1 is 1.12 bits per heavy atom. The van der Waals surface area contributed by atoms with Crippen LogP contribution in [0.2, 0.25) is 0 Å². The number of ether oxygens (including phenoxy) is 1. The molecule has 0 aliphatic rings. The average molecular weight is 433 g/mol. The molecule has 2 amide bonds. The number of carbonyl (C=O) groups excluding carboxylic acids is 2. The van der Waals surface area contributed by atoms with Crippen LogP contribution in [0.25, 0.3) is 22.5 Å². The molecule has 32 heavy (non-hydrogen) atoms. The summed E-state index contributed by atoms with van der Waals surface area (Å²) in [5.41, 5.74) is 6.67. The van der Waals surface area contributed by atoms with Crippen molar-refractivity contribution < 1.29 is 18.7 Å². The Morgan fingerprint density at radius 3 is 2.53 bits per heavy atom. The molecule has 0 atom stereocenters. The van der Waals surface area contributed by atoms with E-state index in [0.717, 1.165) is 0 Å². The number of benzene rings is 1. The number of carbonyl (C=O) groups is 2. The molecule has 0 aliphatic heterocycles. The molecular formula is C23H23N5O4. The van der Waals surface area contributed by atoms with Gasteiger partial charge in [-0.25, -0.2) is 9.67 Å². The molecule has 0 fully saturated rings. The van der Waals surface area contributed by atoms with Gasteiger partial charge in [-0.2, -0.15) is 5.10 Å². The maximum absolute atomic E-state index is 13.0. The maximum atomic E-state index is 13.0. The minimum absolute atomic E-state index is 0.0436. The quantitative estimate of drug-likeness (QED) is 0.448. The number of nitrogens with one attached hydrogen (secondary N) is 2. The smallest absolute Gasteiger partial charge is 0.270 e. The number of rotatable bonds is 6. The van der Waals surface area contributed by atoms with E-state index in [2.05, 4.69) is 20.9 Å². The van der Waals surface area contributed by atoms with E-state index in [0.29, 0.717) is 46.0 Å². The molecular weight excluding hydrogens is 410 g/mol. The highest BCUT2D eigenvalue weighted by Crippen LogP contribution is 2.26. The lowest BCUT2D eigenvalue weighted by Crippen LogP contribution is -2.41. The molecule has 2 N–H and O–H groups in total. The molecule has 0 spiro atoms. The molecule has 0 bridgehead atoms. The van der Waals surface area contributed by atoms with Crippen molar-refractivity contribution in [1.29, 1.82) is 0 Å². The van der Waals surface area contributed by atoms with E-state index in [-0.39, 0.29) is 6.04 Å². The first kappa shape index (κ1) is 21.1. The summed E-state index contributed by atoms with van der Waals surface area (Å²) in [5.74, 6) is 0.249. The van der Waals surface area contributed by atoms with Crippen LogP contribution in [0.1, 0.15) is 47.5 Å². The maximum Gasteiger partial charge on any atom is 0.270 e. The van der Waals surface area contributed by atoms with Crippen LogP contribution >= 0.6 is 0 Å². The fourth-order valence-electron chi connectivity index (χ4n) is 3.26. The van der Waals surface area contributed by atoms with Gasteiger partial charge in [0.1, 0.15) is 11.4 Å². The lowest BCUT2D eigenvalue weighted by Gasteiger charge is -2.11. The van der Waals surface area contributed by atoms with E-state index in [9.17, 15) is 9.59 Å². The number of nitrogens with zero attached hydrogens (tertiary/aromatic N) is 3. The van der Waals surface area contributed by atoms with Crippen molar-refractivity contribution >= 4 is 22.8 Å². The Hall–Kier alpha value is -4.14. The standard InChI is InChI=1S/C23H23N5O4/c1-4-31-16-9-7-15(8-10-16)22(29)26-27-23(30)17-12-19(20-6-5-11-32-20)25-21-18(17)13-24-28(21)14(2)3/h5-14H,4H2,1-3H3,(H,26,29)(H,27,30). The molecule has 0 radical (unpaired) electrons. The van der Waals surface area contributed by atoms with Gasteiger partial charge in [-0.1, -0.05) is 0 Å². The van der Waals surface area contributed by atoms with Gasteiger partial charge in [-0.15, -0.1) is 0 Å². The Balaban J connectivity index is 1.59. The van der Waals surface area contributed by atoms with Crippen LogP contribution in [-0.4, -0.2) is 33.2 Å². The molecule has 4 aromatic rings. The van der Waals surface area contributed by atoms with Gasteiger partial charge in [0.15, 0.2) is 11.4 Å². The van der Waals surface area contributed by atoms with Gasteiger partial charge in [0.25, 0.3) is 11.8 Å². The largest absolute Gasteiger partial charge is 0.494 e. The minimum Gasteiger partial charge on any atom is -0.494 e. The highest BCUT2D eigenvalue weighted by Gasteiger charge is 2.20. The van der Waals surface area contributed by atoms with Crippen LogP contribution in [0, 0.1) is 0 Å². The van der Waals surface area contributed by atoms with Crippen molar-refractivity contribution in [2.75, 3.05) is 6.61 Å². The molecule has 3 aromatic heterocycles. The van der Waals surface area contributed by atoms with E-state index >= 15 is 0 Å². The van der Waals surface area contributed by atoms with E-state index in [1.54, 1.807) is 53.3 Å². The normalized spacial score (nSPS) is 11.0. The van der Waals surface area contributed by atoms with Crippen LogP contribution < -0.4 is 15.6 Å². The number of hydrogen-bond acceptors (Lipinski definition) is 6. The third kappa shape index (κ3) is 4.18. The minimum atomic E-state index is -0.493. The summed E-state index contributed by atoms with van der Waals surface area (Å²) in [5, 5.41) is 4.94. The van der Waals surface area contributed by atoms with Crippen LogP contribution in [0.3, 0.4) is 0 Å². The van der Waals surface area contributed by atoms with E-state index < -0.39 is 11.8 Å². The number of furan rings is 1. The second-order valence-electron chi connectivity index (χ2n) is 7.32. The monoisotopic (exact) mass is 433 g/mol. The summed E-state index contributed by atoms with van der Waals surface area (Å²) < 4.78 is 12.6. The molecule has 0 saturated heterocycles. The lowest BCUT2D eigenvalue weighted by atomic mass is 10.1. The number of pyridine rings is 1. The molecule has 0 saturated carbocycles. The second kappa shape index (κ2) is 8.93. The fraction of sp³-hybridized carbons (Fsp3) is 0.217. The summed E-state index contributed by atoms with van der Waals surface area (Å²) in [6.45, 7) is 6.37. The Morgan fingerprint density at radius 2 is 1.88 bits per heavy atom. The van der Waals surface area contributed by atoms with Crippen molar-refractivity contribution in [3.63, 3.8) is 0 Å². The first-order valence-corrected chi connectivity index (χ1v) is 10.2. The van der Waals surface area contributed by atoms with E-state index in [4.69, 9.17) is 9.15 Å². The van der Waals surface area contributed by atoms with Gasteiger partial charge in [0.2, 0.25) is 0 Å². The topological polar surface area (TPSA) is 111 Å². The SMILES string of the molecule is CCOc1ccc(C(=O)NNC(=O)c2cc(-c3ccco3)nc3c2cnn3C(C)C)cc1. The van der Waals surface area contributed by atoms with Crippen molar-refractivity contribution in [2.45, 2.75) is 26.8 Å². The zero-order chi connectivity index (χ0) is 22.7. The first-order valence-electron chi connectivity index (χ1n) is 10.2. The Kier molecular flexibility index (Phi) is 5.89. The summed E-state index contributed by atoms with van der Waals surface area (Å²) in [4.78, 5) is 30.1. The molecule has 0 unspecified atom stereocenters. The molecule has 0 aliphatic carbocycles. The van der Waals surface area contributed by atoms with Crippen LogP contribution in [0.4, 0.5) is 0 Å². The van der Waals surface area contributed by atoms with Crippen molar-refractivity contribution in [3.05, 3.63) is 66.1 Å². The number of hydrogen-bond donors (Lipinski definition) is 2.